The van der Waals surface area contributed by atoms with Crippen molar-refractivity contribution in [2.45, 2.75) is 10.6 Å². The van der Waals surface area contributed by atoms with E-state index in [4.69, 9.17) is 11.6 Å². The standard InChI is InChI=1S/C19H12ClF3O2S/c20-14-6-7-16(21)19(9-14)26(24,25)11-13-8-15(18(23)10-17(13)22)12-4-2-1-3-5-12/h1-10H,11H2. The molecule has 0 N–H and O–H groups in total. The minimum absolute atomic E-state index is 0.0366. The zero-order valence-electron chi connectivity index (χ0n) is 13.2. The van der Waals surface area contributed by atoms with Crippen molar-refractivity contribution in [3.8, 4) is 11.1 Å². The molecular weight excluding hydrogens is 385 g/mol. The molecule has 3 aromatic carbocycles. The summed E-state index contributed by atoms with van der Waals surface area (Å²) in [6, 6.07) is 13.2. The van der Waals surface area contributed by atoms with Crippen molar-refractivity contribution in [1.82, 2.24) is 0 Å². The van der Waals surface area contributed by atoms with Gasteiger partial charge in [-0.2, -0.15) is 0 Å². The van der Waals surface area contributed by atoms with E-state index < -0.39 is 37.9 Å². The summed E-state index contributed by atoms with van der Waals surface area (Å²) >= 11 is 5.73. The van der Waals surface area contributed by atoms with E-state index in [1.807, 2.05) is 0 Å². The van der Waals surface area contributed by atoms with Gasteiger partial charge in [-0.1, -0.05) is 41.9 Å². The van der Waals surface area contributed by atoms with Gasteiger partial charge < -0.3 is 0 Å². The van der Waals surface area contributed by atoms with Crippen molar-refractivity contribution in [2.75, 3.05) is 0 Å². The monoisotopic (exact) mass is 396 g/mol. The normalized spacial score (nSPS) is 11.5. The number of rotatable bonds is 4. The summed E-state index contributed by atoms with van der Waals surface area (Å²) in [5, 5.41) is 0.0366. The van der Waals surface area contributed by atoms with Gasteiger partial charge in [0.05, 0.1) is 5.75 Å². The first-order valence-corrected chi connectivity index (χ1v) is 9.52. The van der Waals surface area contributed by atoms with Gasteiger partial charge in [0.25, 0.3) is 0 Å². The molecule has 0 fully saturated rings. The van der Waals surface area contributed by atoms with Crippen LogP contribution in [-0.2, 0) is 15.6 Å². The Kier molecular flexibility index (Phi) is 5.07. The van der Waals surface area contributed by atoms with Gasteiger partial charge in [0.2, 0.25) is 0 Å². The van der Waals surface area contributed by atoms with E-state index in [-0.39, 0.29) is 16.1 Å². The summed E-state index contributed by atoms with van der Waals surface area (Å²) in [4.78, 5) is -0.630. The second-order valence-electron chi connectivity index (χ2n) is 5.62. The lowest BCUT2D eigenvalue weighted by Gasteiger charge is -2.10. The molecule has 0 unspecified atom stereocenters. The highest BCUT2D eigenvalue weighted by atomic mass is 35.5. The Hall–Kier alpha value is -2.31. The number of hydrogen-bond donors (Lipinski definition) is 0. The molecule has 7 heteroatoms. The zero-order valence-corrected chi connectivity index (χ0v) is 14.8. The van der Waals surface area contributed by atoms with Gasteiger partial charge in [0.15, 0.2) is 9.84 Å². The third-order valence-corrected chi connectivity index (χ3v) is 5.70. The van der Waals surface area contributed by atoms with E-state index in [0.29, 0.717) is 11.6 Å². The van der Waals surface area contributed by atoms with Crippen LogP contribution in [0.15, 0.2) is 65.6 Å². The largest absolute Gasteiger partial charge is 0.223 e. The second kappa shape index (κ2) is 7.13. The van der Waals surface area contributed by atoms with Gasteiger partial charge >= 0.3 is 0 Å². The molecule has 0 bridgehead atoms. The molecule has 3 rings (SSSR count). The number of halogens is 4. The van der Waals surface area contributed by atoms with E-state index in [1.165, 1.54) is 6.07 Å². The van der Waals surface area contributed by atoms with Crippen LogP contribution in [0.4, 0.5) is 13.2 Å². The minimum atomic E-state index is -4.22. The Morgan fingerprint density at radius 1 is 0.808 bits per heavy atom. The summed E-state index contributed by atoms with van der Waals surface area (Å²) in [5.41, 5.74) is 0.269. The SMILES string of the molecule is O=S(=O)(Cc1cc(-c2ccccc2)c(F)cc1F)c1cc(Cl)ccc1F. The highest BCUT2D eigenvalue weighted by molar-refractivity contribution is 7.90. The topological polar surface area (TPSA) is 34.1 Å². The Balaban J connectivity index is 2.06. The zero-order chi connectivity index (χ0) is 18.9. The Bertz CT molecular complexity index is 1070. The number of benzene rings is 3. The predicted molar refractivity (Wildman–Crippen MR) is 94.1 cm³/mol. The smallest absolute Gasteiger partial charge is 0.185 e. The molecule has 3 aromatic rings. The fourth-order valence-corrected chi connectivity index (χ4v) is 4.24. The fraction of sp³-hybridized carbons (Fsp3) is 0.0526. The summed E-state index contributed by atoms with van der Waals surface area (Å²) in [5.74, 6) is -3.65. The Morgan fingerprint density at radius 3 is 2.19 bits per heavy atom. The first-order valence-electron chi connectivity index (χ1n) is 7.49. The van der Waals surface area contributed by atoms with Crippen LogP contribution in [0.2, 0.25) is 5.02 Å². The lowest BCUT2D eigenvalue weighted by Crippen LogP contribution is -2.09. The molecule has 0 saturated carbocycles. The third-order valence-electron chi connectivity index (χ3n) is 3.79. The molecule has 0 saturated heterocycles. The van der Waals surface area contributed by atoms with E-state index in [1.54, 1.807) is 30.3 Å². The quantitative estimate of drug-likeness (QED) is 0.591. The van der Waals surface area contributed by atoms with Crippen LogP contribution in [-0.4, -0.2) is 8.42 Å². The molecule has 0 heterocycles. The first-order chi connectivity index (χ1) is 12.3. The van der Waals surface area contributed by atoms with Gasteiger partial charge in [-0.3, -0.25) is 0 Å². The maximum atomic E-state index is 14.1. The van der Waals surface area contributed by atoms with Crippen LogP contribution in [0.3, 0.4) is 0 Å². The van der Waals surface area contributed by atoms with Crippen LogP contribution in [0, 0.1) is 17.5 Å². The van der Waals surface area contributed by atoms with Crippen molar-refractivity contribution < 1.29 is 21.6 Å². The van der Waals surface area contributed by atoms with Gasteiger partial charge in [-0.15, -0.1) is 0 Å². The predicted octanol–water partition coefficient (Wildman–Crippen LogP) is 5.40. The van der Waals surface area contributed by atoms with Crippen LogP contribution < -0.4 is 0 Å². The van der Waals surface area contributed by atoms with Gasteiger partial charge in [0, 0.05) is 22.2 Å². The van der Waals surface area contributed by atoms with Gasteiger partial charge in [-0.25, -0.2) is 21.6 Å². The van der Waals surface area contributed by atoms with Crippen LogP contribution in [0.5, 0.6) is 0 Å². The van der Waals surface area contributed by atoms with E-state index >= 15 is 0 Å². The van der Waals surface area contributed by atoms with Crippen LogP contribution in [0.1, 0.15) is 5.56 Å². The summed E-state index contributed by atoms with van der Waals surface area (Å²) < 4.78 is 67.2. The summed E-state index contributed by atoms with van der Waals surface area (Å²) in [6.45, 7) is 0. The molecule has 26 heavy (non-hydrogen) atoms. The highest BCUT2D eigenvalue weighted by Gasteiger charge is 2.23. The van der Waals surface area contributed by atoms with E-state index in [2.05, 4.69) is 0 Å². The number of hydrogen-bond acceptors (Lipinski definition) is 2. The maximum Gasteiger partial charge on any atom is 0.185 e. The molecule has 0 aromatic heterocycles. The molecule has 0 spiro atoms. The van der Waals surface area contributed by atoms with Crippen molar-refractivity contribution in [3.05, 3.63) is 88.7 Å². The van der Waals surface area contributed by atoms with E-state index in [9.17, 15) is 21.6 Å². The molecular formula is C19H12ClF3O2S. The summed E-state index contributed by atoms with van der Waals surface area (Å²) in [7, 11) is -4.22. The van der Waals surface area contributed by atoms with E-state index in [0.717, 1.165) is 18.2 Å². The average Bonchev–Trinajstić information content (AvgIpc) is 2.60. The van der Waals surface area contributed by atoms with Crippen molar-refractivity contribution >= 4 is 21.4 Å². The number of sulfone groups is 1. The molecule has 0 amide bonds. The second-order valence-corrected chi connectivity index (χ2v) is 8.02. The average molecular weight is 397 g/mol. The Labute approximate surface area is 153 Å². The minimum Gasteiger partial charge on any atom is -0.223 e. The molecule has 0 aliphatic heterocycles. The third kappa shape index (κ3) is 3.76. The fourth-order valence-electron chi connectivity index (χ4n) is 2.54. The lowest BCUT2D eigenvalue weighted by atomic mass is 10.0. The Morgan fingerprint density at radius 2 is 1.50 bits per heavy atom. The molecule has 134 valence electrons. The molecule has 0 aliphatic rings. The molecule has 0 atom stereocenters. The molecule has 0 radical (unpaired) electrons. The lowest BCUT2D eigenvalue weighted by molar-refractivity contribution is 0.559. The van der Waals surface area contributed by atoms with Crippen molar-refractivity contribution in [1.29, 1.82) is 0 Å². The van der Waals surface area contributed by atoms with Crippen molar-refractivity contribution in [3.63, 3.8) is 0 Å². The maximum absolute atomic E-state index is 14.1. The molecule has 2 nitrogen and oxygen atoms in total. The molecule has 0 aliphatic carbocycles. The van der Waals surface area contributed by atoms with Crippen LogP contribution in [0.25, 0.3) is 11.1 Å². The summed E-state index contributed by atoms with van der Waals surface area (Å²) in [6.07, 6.45) is 0. The van der Waals surface area contributed by atoms with Crippen molar-refractivity contribution in [2.24, 2.45) is 0 Å². The van der Waals surface area contributed by atoms with Gasteiger partial charge in [0.1, 0.15) is 22.3 Å². The first kappa shape index (κ1) is 18.5. The van der Waals surface area contributed by atoms with Crippen LogP contribution >= 0.6 is 11.6 Å². The van der Waals surface area contributed by atoms with Gasteiger partial charge in [-0.05, 0) is 29.8 Å². The highest BCUT2D eigenvalue weighted by Crippen LogP contribution is 2.29.